The van der Waals surface area contributed by atoms with Crippen molar-refractivity contribution < 1.29 is 13.9 Å². The number of benzene rings is 1. The fraction of sp³-hybridized carbons (Fsp3) is 0.286. The zero-order valence-corrected chi connectivity index (χ0v) is 10.5. The quantitative estimate of drug-likeness (QED) is 0.648. The minimum atomic E-state index is -0.0259. The van der Waals surface area contributed by atoms with E-state index in [1.807, 2.05) is 30.3 Å². The standard InChI is InChI=1S/C14H16N2O3/c15-16-12(9-11-2-1-5-17-11)10-3-4-13-14(8-10)19-7-6-18-13/h1-5,8,12,16H,6-7,9,15H2. The largest absolute Gasteiger partial charge is 0.486 e. The van der Waals surface area contributed by atoms with E-state index in [0.29, 0.717) is 19.6 Å². The van der Waals surface area contributed by atoms with Crippen LogP contribution in [0.1, 0.15) is 17.4 Å². The molecule has 1 aliphatic rings. The fourth-order valence-corrected chi connectivity index (χ4v) is 2.18. The second-order valence-corrected chi connectivity index (χ2v) is 4.41. The third kappa shape index (κ3) is 2.57. The summed E-state index contributed by atoms with van der Waals surface area (Å²) in [5, 5.41) is 0. The molecule has 0 saturated carbocycles. The van der Waals surface area contributed by atoms with Gasteiger partial charge in [0.15, 0.2) is 11.5 Å². The summed E-state index contributed by atoms with van der Waals surface area (Å²) in [6.45, 7) is 1.17. The Kier molecular flexibility index (Phi) is 3.39. The molecule has 100 valence electrons. The molecule has 0 fully saturated rings. The molecule has 3 N–H and O–H groups in total. The monoisotopic (exact) mass is 260 g/mol. The molecule has 5 heteroatoms. The Morgan fingerprint density at radius 1 is 1.16 bits per heavy atom. The van der Waals surface area contributed by atoms with Crippen molar-refractivity contribution in [3.63, 3.8) is 0 Å². The van der Waals surface area contributed by atoms with Gasteiger partial charge in [0, 0.05) is 6.42 Å². The molecule has 0 spiro atoms. The van der Waals surface area contributed by atoms with Gasteiger partial charge in [-0.05, 0) is 29.8 Å². The van der Waals surface area contributed by atoms with E-state index in [0.717, 1.165) is 22.8 Å². The highest BCUT2D eigenvalue weighted by atomic mass is 16.6. The Hall–Kier alpha value is -1.98. The lowest BCUT2D eigenvalue weighted by Gasteiger charge is -2.21. The maximum Gasteiger partial charge on any atom is 0.161 e. The molecule has 2 heterocycles. The van der Waals surface area contributed by atoms with Crippen LogP contribution in [0.5, 0.6) is 11.5 Å². The number of hydrogen-bond donors (Lipinski definition) is 2. The number of furan rings is 1. The first kappa shape index (κ1) is 12.1. The maximum absolute atomic E-state index is 5.63. The Bertz CT molecular complexity index is 540. The number of ether oxygens (including phenoxy) is 2. The van der Waals surface area contributed by atoms with Crippen LogP contribution in [-0.2, 0) is 6.42 Å². The lowest BCUT2D eigenvalue weighted by Crippen LogP contribution is -2.29. The van der Waals surface area contributed by atoms with Crippen molar-refractivity contribution in [2.24, 2.45) is 5.84 Å². The third-order valence-electron chi connectivity index (χ3n) is 3.16. The molecule has 1 aromatic carbocycles. The van der Waals surface area contributed by atoms with Crippen LogP contribution >= 0.6 is 0 Å². The van der Waals surface area contributed by atoms with Crippen molar-refractivity contribution in [2.75, 3.05) is 13.2 Å². The first-order valence-corrected chi connectivity index (χ1v) is 6.25. The van der Waals surface area contributed by atoms with E-state index in [1.165, 1.54) is 0 Å². The van der Waals surface area contributed by atoms with Gasteiger partial charge < -0.3 is 13.9 Å². The molecule has 5 nitrogen and oxygen atoms in total. The van der Waals surface area contributed by atoms with E-state index in [4.69, 9.17) is 19.7 Å². The number of fused-ring (bicyclic) bond motifs is 1. The third-order valence-corrected chi connectivity index (χ3v) is 3.16. The zero-order chi connectivity index (χ0) is 13.1. The highest BCUT2D eigenvalue weighted by molar-refractivity contribution is 5.44. The molecule has 3 rings (SSSR count). The zero-order valence-electron chi connectivity index (χ0n) is 10.5. The molecule has 2 aromatic rings. The van der Waals surface area contributed by atoms with Crippen molar-refractivity contribution >= 4 is 0 Å². The van der Waals surface area contributed by atoms with Gasteiger partial charge >= 0.3 is 0 Å². The Balaban J connectivity index is 1.82. The molecular formula is C14H16N2O3. The van der Waals surface area contributed by atoms with Crippen LogP contribution in [0.4, 0.5) is 0 Å². The normalized spacial score (nSPS) is 15.2. The van der Waals surface area contributed by atoms with Crippen LogP contribution in [0.3, 0.4) is 0 Å². The van der Waals surface area contributed by atoms with Crippen LogP contribution in [0.2, 0.25) is 0 Å². The van der Waals surface area contributed by atoms with Gasteiger partial charge in [-0.1, -0.05) is 6.07 Å². The Labute approximate surface area is 111 Å². The predicted octanol–water partition coefficient (Wildman–Crippen LogP) is 1.80. The number of nitrogens with one attached hydrogen (secondary N) is 1. The summed E-state index contributed by atoms with van der Waals surface area (Å²) in [5.41, 5.74) is 3.85. The smallest absolute Gasteiger partial charge is 0.161 e. The number of rotatable bonds is 4. The summed E-state index contributed by atoms with van der Waals surface area (Å²) in [7, 11) is 0. The molecule has 19 heavy (non-hydrogen) atoms. The molecule has 0 bridgehead atoms. The minimum Gasteiger partial charge on any atom is -0.486 e. The Morgan fingerprint density at radius 3 is 2.74 bits per heavy atom. The van der Waals surface area contributed by atoms with E-state index >= 15 is 0 Å². The van der Waals surface area contributed by atoms with Crippen LogP contribution < -0.4 is 20.7 Å². The van der Waals surface area contributed by atoms with Gasteiger partial charge in [-0.15, -0.1) is 0 Å². The van der Waals surface area contributed by atoms with Crippen LogP contribution in [-0.4, -0.2) is 13.2 Å². The number of hydrazine groups is 1. The lowest BCUT2D eigenvalue weighted by atomic mass is 10.0. The number of nitrogens with two attached hydrogens (primary N) is 1. The summed E-state index contributed by atoms with van der Waals surface area (Å²) in [5.74, 6) is 8.07. The second kappa shape index (κ2) is 5.34. The van der Waals surface area contributed by atoms with E-state index < -0.39 is 0 Å². The first-order valence-electron chi connectivity index (χ1n) is 6.25. The molecule has 1 atom stereocenters. The van der Waals surface area contributed by atoms with Crippen molar-refractivity contribution in [3.05, 3.63) is 47.9 Å². The van der Waals surface area contributed by atoms with Crippen LogP contribution in [0.15, 0.2) is 41.0 Å². The van der Waals surface area contributed by atoms with Crippen molar-refractivity contribution in [2.45, 2.75) is 12.5 Å². The molecule has 1 unspecified atom stereocenters. The van der Waals surface area contributed by atoms with Gasteiger partial charge in [-0.3, -0.25) is 11.3 Å². The van der Waals surface area contributed by atoms with Gasteiger partial charge in [0.2, 0.25) is 0 Å². The van der Waals surface area contributed by atoms with Gasteiger partial charge in [-0.2, -0.15) is 0 Å². The topological polar surface area (TPSA) is 69.7 Å². The van der Waals surface area contributed by atoms with Crippen LogP contribution in [0.25, 0.3) is 0 Å². The van der Waals surface area contributed by atoms with Gasteiger partial charge in [-0.25, -0.2) is 0 Å². The number of hydrogen-bond acceptors (Lipinski definition) is 5. The summed E-state index contributed by atoms with van der Waals surface area (Å²) >= 11 is 0. The molecule has 0 radical (unpaired) electrons. The van der Waals surface area contributed by atoms with Crippen molar-refractivity contribution in [1.29, 1.82) is 0 Å². The molecule has 0 aliphatic carbocycles. The van der Waals surface area contributed by atoms with E-state index in [1.54, 1.807) is 6.26 Å². The summed E-state index contributed by atoms with van der Waals surface area (Å²) in [6, 6.07) is 9.64. The molecule has 0 amide bonds. The first-order chi connectivity index (χ1) is 9.36. The summed E-state index contributed by atoms with van der Waals surface area (Å²) in [4.78, 5) is 0. The second-order valence-electron chi connectivity index (χ2n) is 4.41. The van der Waals surface area contributed by atoms with Crippen molar-refractivity contribution in [3.8, 4) is 11.5 Å². The minimum absolute atomic E-state index is 0.0259. The van der Waals surface area contributed by atoms with E-state index in [9.17, 15) is 0 Å². The molecular weight excluding hydrogens is 244 g/mol. The van der Waals surface area contributed by atoms with Gasteiger partial charge in [0.05, 0.1) is 12.3 Å². The van der Waals surface area contributed by atoms with E-state index in [-0.39, 0.29) is 6.04 Å². The fourth-order valence-electron chi connectivity index (χ4n) is 2.18. The van der Waals surface area contributed by atoms with Crippen molar-refractivity contribution in [1.82, 2.24) is 5.43 Å². The predicted molar refractivity (Wildman–Crippen MR) is 69.9 cm³/mol. The van der Waals surface area contributed by atoms with Crippen LogP contribution in [0, 0.1) is 0 Å². The average Bonchev–Trinajstić information content (AvgIpc) is 2.97. The van der Waals surface area contributed by atoms with E-state index in [2.05, 4.69) is 5.43 Å². The summed E-state index contributed by atoms with van der Waals surface area (Å²) < 4.78 is 16.4. The average molecular weight is 260 g/mol. The summed E-state index contributed by atoms with van der Waals surface area (Å²) in [6.07, 6.45) is 2.34. The molecule has 0 saturated heterocycles. The molecule has 1 aromatic heterocycles. The molecule has 1 aliphatic heterocycles. The van der Waals surface area contributed by atoms with Gasteiger partial charge in [0.25, 0.3) is 0 Å². The Morgan fingerprint density at radius 2 is 2.00 bits per heavy atom. The SMILES string of the molecule is NNC(Cc1ccco1)c1ccc2c(c1)OCCO2. The highest BCUT2D eigenvalue weighted by Gasteiger charge is 2.17. The highest BCUT2D eigenvalue weighted by Crippen LogP contribution is 2.33. The maximum atomic E-state index is 5.63. The lowest BCUT2D eigenvalue weighted by molar-refractivity contribution is 0.171. The van der Waals surface area contributed by atoms with Gasteiger partial charge in [0.1, 0.15) is 19.0 Å².